The smallest absolute Gasteiger partial charge is 0.254 e. The first kappa shape index (κ1) is 8.80. The number of sulfonamides is 1. The standard InChI is InChI=1S/C8H8NO2S/c1-2-12(10,11)9-8-6-4-3-5-7-8/h2-4,6-7,9H,1H2. The topological polar surface area (TPSA) is 46.2 Å². The van der Waals surface area contributed by atoms with E-state index in [9.17, 15) is 8.42 Å². The van der Waals surface area contributed by atoms with Crippen LogP contribution in [-0.2, 0) is 10.0 Å². The van der Waals surface area contributed by atoms with Crippen LogP contribution in [0.3, 0.4) is 0 Å². The summed E-state index contributed by atoms with van der Waals surface area (Å²) in [6, 6.07) is 9.31. The van der Waals surface area contributed by atoms with Crippen LogP contribution in [0.4, 0.5) is 5.69 Å². The SMILES string of the molecule is C=CS(=O)(=O)Nc1c[c]ccc1. The largest absolute Gasteiger partial charge is 0.280 e. The van der Waals surface area contributed by atoms with Gasteiger partial charge in [0, 0.05) is 11.1 Å². The van der Waals surface area contributed by atoms with Crippen molar-refractivity contribution < 1.29 is 8.42 Å². The van der Waals surface area contributed by atoms with Gasteiger partial charge in [-0.1, -0.05) is 18.7 Å². The Hall–Kier alpha value is -1.29. The lowest BCUT2D eigenvalue weighted by atomic mass is 10.3. The van der Waals surface area contributed by atoms with Crippen LogP contribution in [0.15, 0.2) is 36.3 Å². The second kappa shape index (κ2) is 3.40. The Bertz CT molecular complexity index is 356. The average Bonchev–Trinajstić information content (AvgIpc) is 2.06. The van der Waals surface area contributed by atoms with E-state index in [4.69, 9.17) is 0 Å². The van der Waals surface area contributed by atoms with Gasteiger partial charge in [0.2, 0.25) is 0 Å². The molecule has 0 heterocycles. The van der Waals surface area contributed by atoms with Crippen molar-refractivity contribution in [3.8, 4) is 0 Å². The fraction of sp³-hybridized carbons (Fsp3) is 0. The van der Waals surface area contributed by atoms with Crippen molar-refractivity contribution in [2.75, 3.05) is 4.72 Å². The first-order chi connectivity index (χ1) is 5.64. The lowest BCUT2D eigenvalue weighted by molar-refractivity contribution is 0.609. The highest BCUT2D eigenvalue weighted by atomic mass is 32.2. The van der Waals surface area contributed by atoms with Gasteiger partial charge in [0.25, 0.3) is 10.0 Å². The maximum atomic E-state index is 10.9. The molecule has 3 nitrogen and oxygen atoms in total. The van der Waals surface area contributed by atoms with E-state index >= 15 is 0 Å². The molecule has 0 spiro atoms. The van der Waals surface area contributed by atoms with E-state index in [2.05, 4.69) is 17.4 Å². The monoisotopic (exact) mass is 182 g/mol. The maximum absolute atomic E-state index is 10.9. The molecule has 63 valence electrons. The minimum Gasteiger partial charge on any atom is -0.280 e. The van der Waals surface area contributed by atoms with Gasteiger partial charge in [-0.25, -0.2) is 8.42 Å². The van der Waals surface area contributed by atoms with Crippen molar-refractivity contribution in [3.63, 3.8) is 0 Å². The van der Waals surface area contributed by atoms with Gasteiger partial charge < -0.3 is 0 Å². The van der Waals surface area contributed by atoms with E-state index in [0.29, 0.717) is 5.69 Å². The van der Waals surface area contributed by atoms with Gasteiger partial charge in [0.1, 0.15) is 0 Å². The van der Waals surface area contributed by atoms with Gasteiger partial charge in [-0.3, -0.25) is 4.72 Å². The summed E-state index contributed by atoms with van der Waals surface area (Å²) >= 11 is 0. The summed E-state index contributed by atoms with van der Waals surface area (Å²) in [5.74, 6) is 0. The highest BCUT2D eigenvalue weighted by Crippen LogP contribution is 2.07. The lowest BCUT2D eigenvalue weighted by Crippen LogP contribution is -2.07. The third kappa shape index (κ3) is 2.39. The van der Waals surface area contributed by atoms with Gasteiger partial charge >= 0.3 is 0 Å². The number of rotatable bonds is 3. The molecule has 1 radical (unpaired) electrons. The van der Waals surface area contributed by atoms with Crippen molar-refractivity contribution in [1.29, 1.82) is 0 Å². The summed E-state index contributed by atoms with van der Waals surface area (Å²) in [6.07, 6.45) is 0. The summed E-state index contributed by atoms with van der Waals surface area (Å²) in [4.78, 5) is 0. The molecule has 12 heavy (non-hydrogen) atoms. The molecule has 0 aliphatic rings. The minimum absolute atomic E-state index is 0.484. The molecule has 4 heteroatoms. The van der Waals surface area contributed by atoms with Crippen LogP contribution in [0, 0.1) is 6.07 Å². The molecule has 1 rings (SSSR count). The normalized spacial score (nSPS) is 10.7. The van der Waals surface area contributed by atoms with Crippen LogP contribution in [0.2, 0.25) is 0 Å². The molecule has 0 atom stereocenters. The maximum Gasteiger partial charge on any atom is 0.254 e. The van der Waals surface area contributed by atoms with Crippen LogP contribution in [0.25, 0.3) is 0 Å². The van der Waals surface area contributed by atoms with E-state index in [0.717, 1.165) is 5.41 Å². The highest BCUT2D eigenvalue weighted by Gasteiger charge is 2.01. The van der Waals surface area contributed by atoms with Crippen molar-refractivity contribution >= 4 is 15.7 Å². The minimum atomic E-state index is -3.38. The Morgan fingerprint density at radius 3 is 2.83 bits per heavy atom. The number of nitrogens with one attached hydrogen (secondary N) is 1. The van der Waals surface area contributed by atoms with Gasteiger partial charge in [-0.2, -0.15) is 0 Å². The Morgan fingerprint density at radius 1 is 1.58 bits per heavy atom. The van der Waals surface area contributed by atoms with Gasteiger partial charge in [0.15, 0.2) is 0 Å². The lowest BCUT2D eigenvalue weighted by Gasteiger charge is -2.01. The summed E-state index contributed by atoms with van der Waals surface area (Å²) in [6.45, 7) is 3.17. The molecule has 0 saturated heterocycles. The Balaban J connectivity index is 2.85. The molecule has 0 amide bonds. The third-order valence-electron chi connectivity index (χ3n) is 1.19. The molecule has 0 unspecified atom stereocenters. The number of hydrogen-bond acceptors (Lipinski definition) is 2. The predicted molar refractivity (Wildman–Crippen MR) is 48.0 cm³/mol. The summed E-state index contributed by atoms with van der Waals surface area (Å²) in [5.41, 5.74) is 0.484. The van der Waals surface area contributed by atoms with Gasteiger partial charge in [-0.05, 0) is 18.2 Å². The zero-order valence-electron chi connectivity index (χ0n) is 6.32. The van der Waals surface area contributed by atoms with Crippen LogP contribution in [-0.4, -0.2) is 8.42 Å². The number of anilines is 1. The van der Waals surface area contributed by atoms with Gasteiger partial charge in [0.05, 0.1) is 0 Å². The Kier molecular flexibility index (Phi) is 2.50. The molecule has 0 saturated carbocycles. The molecule has 0 aliphatic heterocycles. The second-order valence-corrected chi connectivity index (χ2v) is 3.73. The third-order valence-corrected chi connectivity index (χ3v) is 2.15. The van der Waals surface area contributed by atoms with Crippen molar-refractivity contribution in [3.05, 3.63) is 42.3 Å². The quantitative estimate of drug-likeness (QED) is 0.767. The fourth-order valence-electron chi connectivity index (χ4n) is 0.663. The molecule has 1 N–H and O–H groups in total. The van der Waals surface area contributed by atoms with Gasteiger partial charge in [-0.15, -0.1) is 0 Å². The fourth-order valence-corrected chi connectivity index (χ4v) is 1.20. The first-order valence-electron chi connectivity index (χ1n) is 3.25. The Morgan fingerprint density at radius 2 is 2.33 bits per heavy atom. The molecular formula is C8H8NO2S. The molecule has 0 bridgehead atoms. The summed E-state index contributed by atoms with van der Waals surface area (Å²) in [5, 5.41) is 0.861. The molecule has 0 fully saturated rings. The van der Waals surface area contributed by atoms with Crippen molar-refractivity contribution in [2.45, 2.75) is 0 Å². The van der Waals surface area contributed by atoms with Crippen molar-refractivity contribution in [1.82, 2.24) is 0 Å². The molecule has 0 aliphatic carbocycles. The highest BCUT2D eigenvalue weighted by molar-refractivity contribution is 7.95. The molecule has 1 aromatic rings. The number of benzene rings is 1. The molecule has 1 aromatic carbocycles. The summed E-state index contributed by atoms with van der Waals surface area (Å²) in [7, 11) is -3.38. The average molecular weight is 182 g/mol. The predicted octanol–water partition coefficient (Wildman–Crippen LogP) is 1.37. The van der Waals surface area contributed by atoms with E-state index in [-0.39, 0.29) is 0 Å². The summed E-state index contributed by atoms with van der Waals surface area (Å²) < 4.78 is 24.1. The molecular weight excluding hydrogens is 174 g/mol. The van der Waals surface area contributed by atoms with E-state index in [1.807, 2.05) is 0 Å². The van der Waals surface area contributed by atoms with E-state index < -0.39 is 10.0 Å². The zero-order chi connectivity index (χ0) is 9.03. The number of hydrogen-bond donors (Lipinski definition) is 1. The van der Waals surface area contributed by atoms with Crippen LogP contribution in [0.5, 0.6) is 0 Å². The van der Waals surface area contributed by atoms with E-state index in [1.54, 1.807) is 24.3 Å². The molecule has 0 aromatic heterocycles. The van der Waals surface area contributed by atoms with Crippen molar-refractivity contribution in [2.24, 2.45) is 0 Å². The zero-order valence-corrected chi connectivity index (χ0v) is 7.14. The van der Waals surface area contributed by atoms with Crippen LogP contribution < -0.4 is 4.72 Å². The van der Waals surface area contributed by atoms with Crippen LogP contribution >= 0.6 is 0 Å². The second-order valence-electron chi connectivity index (χ2n) is 2.11. The van der Waals surface area contributed by atoms with E-state index in [1.165, 1.54) is 0 Å². The van der Waals surface area contributed by atoms with Crippen LogP contribution in [0.1, 0.15) is 0 Å². The first-order valence-corrected chi connectivity index (χ1v) is 4.80. The Labute approximate surface area is 71.8 Å².